The molecule has 0 radical (unpaired) electrons. The van der Waals surface area contributed by atoms with Crippen molar-refractivity contribution in [2.75, 3.05) is 25.0 Å². The van der Waals surface area contributed by atoms with Crippen molar-refractivity contribution in [1.82, 2.24) is 5.32 Å². The van der Waals surface area contributed by atoms with Gasteiger partial charge in [-0.3, -0.25) is 14.9 Å². The minimum absolute atomic E-state index is 0.0502. The highest BCUT2D eigenvalue weighted by Gasteiger charge is 2.16. The van der Waals surface area contributed by atoms with Gasteiger partial charge in [0.25, 0.3) is 0 Å². The van der Waals surface area contributed by atoms with Gasteiger partial charge in [-0.2, -0.15) is 0 Å². The molecule has 0 heterocycles. The first-order valence-electron chi connectivity index (χ1n) is 9.88. The van der Waals surface area contributed by atoms with E-state index in [0.29, 0.717) is 28.4 Å². The van der Waals surface area contributed by atoms with Gasteiger partial charge in [0.15, 0.2) is 0 Å². The Hall–Kier alpha value is -2.90. The fourth-order valence-corrected chi connectivity index (χ4v) is 2.91. The number of hydrogen-bond donors (Lipinski definition) is 2. The van der Waals surface area contributed by atoms with E-state index in [1.165, 1.54) is 0 Å². The molecule has 8 heteroatoms. The lowest BCUT2D eigenvalue weighted by Gasteiger charge is -2.19. The van der Waals surface area contributed by atoms with Gasteiger partial charge in [0.05, 0.1) is 25.3 Å². The van der Waals surface area contributed by atoms with Crippen LogP contribution in [0.1, 0.15) is 38.1 Å². The summed E-state index contributed by atoms with van der Waals surface area (Å²) in [6.45, 7) is 7.27. The Balaban J connectivity index is 1.98. The van der Waals surface area contributed by atoms with Crippen molar-refractivity contribution in [3.05, 3.63) is 53.1 Å². The van der Waals surface area contributed by atoms with Crippen molar-refractivity contribution in [1.29, 1.82) is 0 Å². The summed E-state index contributed by atoms with van der Waals surface area (Å²) in [5.74, 6) is -1.13. The van der Waals surface area contributed by atoms with E-state index in [2.05, 4.69) is 10.6 Å². The van der Waals surface area contributed by atoms with Crippen molar-refractivity contribution in [3.8, 4) is 11.1 Å². The number of carbonyl (C=O) groups is 3. The maximum atomic E-state index is 12.2. The molecule has 31 heavy (non-hydrogen) atoms. The molecule has 166 valence electrons. The molecule has 0 spiro atoms. The number of nitrogens with one attached hydrogen (secondary N) is 2. The number of amides is 1. The summed E-state index contributed by atoms with van der Waals surface area (Å²) in [6.07, 6.45) is 0. The van der Waals surface area contributed by atoms with Crippen LogP contribution in [-0.4, -0.2) is 43.1 Å². The molecule has 2 N–H and O–H groups in total. The van der Waals surface area contributed by atoms with Gasteiger partial charge in [-0.1, -0.05) is 23.7 Å². The summed E-state index contributed by atoms with van der Waals surface area (Å²) in [5, 5.41) is 6.02. The van der Waals surface area contributed by atoms with Crippen LogP contribution < -0.4 is 10.6 Å². The molecule has 0 fully saturated rings. The van der Waals surface area contributed by atoms with Crippen LogP contribution in [-0.2, 0) is 19.1 Å². The smallest absolute Gasteiger partial charge is 0.338 e. The monoisotopic (exact) mass is 446 g/mol. The number of carbonyl (C=O) groups excluding carboxylic acids is 3. The first-order chi connectivity index (χ1) is 14.6. The van der Waals surface area contributed by atoms with Gasteiger partial charge in [0, 0.05) is 16.3 Å². The molecular weight excluding hydrogens is 420 g/mol. The number of halogens is 1. The number of anilines is 1. The lowest BCUT2D eigenvalue weighted by Crippen LogP contribution is -2.35. The number of ether oxygens (including phenoxy) is 2. The third kappa shape index (κ3) is 8.03. The highest BCUT2D eigenvalue weighted by atomic mass is 35.5. The van der Waals surface area contributed by atoms with Crippen molar-refractivity contribution in [2.24, 2.45) is 0 Å². The van der Waals surface area contributed by atoms with Crippen LogP contribution in [0.5, 0.6) is 0 Å². The molecule has 0 bridgehead atoms. The molecule has 0 aliphatic heterocycles. The van der Waals surface area contributed by atoms with Crippen molar-refractivity contribution in [3.63, 3.8) is 0 Å². The molecule has 2 aromatic rings. The second-order valence-corrected chi connectivity index (χ2v) is 8.14. The Labute approximate surface area is 187 Å². The van der Waals surface area contributed by atoms with Gasteiger partial charge >= 0.3 is 11.9 Å². The Morgan fingerprint density at radius 3 is 2.29 bits per heavy atom. The summed E-state index contributed by atoms with van der Waals surface area (Å²) in [6, 6.07) is 12.0. The maximum absolute atomic E-state index is 12.2. The Morgan fingerprint density at radius 1 is 1.00 bits per heavy atom. The third-order valence-electron chi connectivity index (χ3n) is 3.93. The van der Waals surface area contributed by atoms with Crippen LogP contribution in [0.2, 0.25) is 5.02 Å². The van der Waals surface area contributed by atoms with Crippen LogP contribution in [0.25, 0.3) is 11.1 Å². The Kier molecular flexibility index (Phi) is 8.59. The van der Waals surface area contributed by atoms with E-state index in [4.69, 9.17) is 21.1 Å². The zero-order chi connectivity index (χ0) is 23.0. The predicted octanol–water partition coefficient (Wildman–Crippen LogP) is 4.05. The van der Waals surface area contributed by atoms with Crippen molar-refractivity contribution >= 4 is 35.1 Å². The fraction of sp³-hybridized carbons (Fsp3) is 0.348. The van der Waals surface area contributed by atoms with Crippen LogP contribution in [0.4, 0.5) is 5.69 Å². The lowest BCUT2D eigenvalue weighted by molar-refractivity contribution is -0.153. The highest BCUT2D eigenvalue weighted by Crippen LogP contribution is 2.31. The summed E-state index contributed by atoms with van der Waals surface area (Å²) >= 11 is 6.32. The summed E-state index contributed by atoms with van der Waals surface area (Å²) in [4.78, 5) is 35.7. The highest BCUT2D eigenvalue weighted by molar-refractivity contribution is 6.33. The average Bonchev–Trinajstić information content (AvgIpc) is 2.68. The standard InChI is InChI=1S/C23H27ClN2O5/c1-5-30-22(29)16-8-6-15(7-9-16)18-12-17(10-11-19(18)24)26-20(27)13-25-14-21(28)31-23(2,3)4/h6-12,25H,5,13-14H2,1-4H3,(H,26,27). The molecule has 0 atom stereocenters. The zero-order valence-electron chi connectivity index (χ0n) is 18.1. The second-order valence-electron chi connectivity index (χ2n) is 7.73. The van der Waals surface area contributed by atoms with Crippen molar-refractivity contribution < 1.29 is 23.9 Å². The molecule has 0 aliphatic carbocycles. The van der Waals surface area contributed by atoms with Gasteiger partial charge in [0.2, 0.25) is 5.91 Å². The SMILES string of the molecule is CCOC(=O)c1ccc(-c2cc(NC(=O)CNCC(=O)OC(C)(C)C)ccc2Cl)cc1. The molecule has 1 amide bonds. The van der Waals surface area contributed by atoms with Crippen molar-refractivity contribution in [2.45, 2.75) is 33.3 Å². The zero-order valence-corrected chi connectivity index (χ0v) is 18.8. The quantitative estimate of drug-likeness (QED) is 0.594. The topological polar surface area (TPSA) is 93.7 Å². The Bertz CT molecular complexity index is 936. The number of rotatable bonds is 8. The minimum Gasteiger partial charge on any atom is -0.462 e. The molecule has 0 saturated carbocycles. The van der Waals surface area contributed by atoms with E-state index < -0.39 is 11.6 Å². The summed E-state index contributed by atoms with van der Waals surface area (Å²) < 4.78 is 10.2. The summed E-state index contributed by atoms with van der Waals surface area (Å²) in [7, 11) is 0. The van der Waals surface area contributed by atoms with E-state index in [9.17, 15) is 14.4 Å². The normalized spacial score (nSPS) is 11.0. The third-order valence-corrected chi connectivity index (χ3v) is 4.26. The van der Waals surface area contributed by atoms with Crippen LogP contribution in [0.3, 0.4) is 0 Å². The van der Waals surface area contributed by atoms with Gasteiger partial charge in [-0.25, -0.2) is 4.79 Å². The van der Waals surface area contributed by atoms with E-state index >= 15 is 0 Å². The van der Waals surface area contributed by atoms with Crippen LogP contribution in [0, 0.1) is 0 Å². The largest absolute Gasteiger partial charge is 0.462 e. The van der Waals surface area contributed by atoms with E-state index in [1.807, 2.05) is 0 Å². The fourth-order valence-electron chi connectivity index (χ4n) is 2.69. The molecule has 0 aliphatic rings. The van der Waals surface area contributed by atoms with Crippen LogP contribution >= 0.6 is 11.6 Å². The number of hydrogen-bond acceptors (Lipinski definition) is 6. The molecule has 2 rings (SSSR count). The van der Waals surface area contributed by atoms with Gasteiger partial charge in [-0.15, -0.1) is 0 Å². The first-order valence-corrected chi connectivity index (χ1v) is 10.3. The first kappa shape index (κ1) is 24.4. The maximum Gasteiger partial charge on any atom is 0.338 e. The van der Waals surface area contributed by atoms with Gasteiger partial charge in [-0.05, 0) is 63.6 Å². The minimum atomic E-state index is -0.574. The Morgan fingerprint density at radius 2 is 1.68 bits per heavy atom. The van der Waals surface area contributed by atoms with E-state index in [-0.39, 0.29) is 25.0 Å². The molecule has 2 aromatic carbocycles. The molecule has 0 unspecified atom stereocenters. The molecule has 0 saturated heterocycles. The molecule has 0 aromatic heterocycles. The van der Waals surface area contributed by atoms with E-state index in [1.54, 1.807) is 70.2 Å². The molecule has 7 nitrogen and oxygen atoms in total. The van der Waals surface area contributed by atoms with Crippen LogP contribution in [0.15, 0.2) is 42.5 Å². The van der Waals surface area contributed by atoms with Gasteiger partial charge in [0.1, 0.15) is 5.60 Å². The second kappa shape index (κ2) is 10.9. The molecular formula is C23H27ClN2O5. The number of benzene rings is 2. The summed E-state index contributed by atoms with van der Waals surface area (Å²) in [5.41, 5.74) is 1.92. The van der Waals surface area contributed by atoms with E-state index in [0.717, 1.165) is 5.56 Å². The van der Waals surface area contributed by atoms with Gasteiger partial charge < -0.3 is 14.8 Å². The lowest BCUT2D eigenvalue weighted by atomic mass is 10.0. The predicted molar refractivity (Wildman–Crippen MR) is 120 cm³/mol. The average molecular weight is 447 g/mol. The number of esters is 2.